The molecule has 1 aliphatic heterocycles. The van der Waals surface area contributed by atoms with E-state index in [4.69, 9.17) is 4.74 Å². The van der Waals surface area contributed by atoms with Crippen LogP contribution in [0.5, 0.6) is 0 Å². The summed E-state index contributed by atoms with van der Waals surface area (Å²) in [7, 11) is 0. The molecule has 2 fully saturated rings. The predicted molar refractivity (Wildman–Crippen MR) is 80.5 cm³/mol. The van der Waals surface area contributed by atoms with Crippen molar-refractivity contribution in [3.8, 4) is 0 Å². The first-order valence-corrected chi connectivity index (χ1v) is 8.26. The molecule has 2 rings (SSSR count). The SMILES string of the molecule is CCCC1CN(C2CC(OCC)C2)C(C(C)C)CN1. The maximum absolute atomic E-state index is 5.73. The molecule has 1 aliphatic carbocycles. The van der Waals surface area contributed by atoms with Gasteiger partial charge in [-0.15, -0.1) is 0 Å². The van der Waals surface area contributed by atoms with E-state index in [1.54, 1.807) is 0 Å². The summed E-state index contributed by atoms with van der Waals surface area (Å²) in [6.45, 7) is 12.4. The largest absolute Gasteiger partial charge is 0.378 e. The molecule has 2 unspecified atom stereocenters. The molecule has 0 amide bonds. The number of nitrogens with one attached hydrogen (secondary N) is 1. The first kappa shape index (κ1) is 15.3. The molecule has 1 N–H and O–H groups in total. The van der Waals surface area contributed by atoms with Gasteiger partial charge in [-0.2, -0.15) is 0 Å². The second-order valence-electron chi connectivity index (χ2n) is 6.60. The molecule has 3 nitrogen and oxygen atoms in total. The molecule has 0 aromatic carbocycles. The highest BCUT2D eigenvalue weighted by atomic mass is 16.5. The van der Waals surface area contributed by atoms with E-state index >= 15 is 0 Å². The lowest BCUT2D eigenvalue weighted by Crippen LogP contribution is -2.64. The number of hydrogen-bond acceptors (Lipinski definition) is 3. The van der Waals surface area contributed by atoms with Gasteiger partial charge in [0.25, 0.3) is 0 Å². The van der Waals surface area contributed by atoms with Crippen molar-refractivity contribution in [1.29, 1.82) is 0 Å². The third-order valence-corrected chi connectivity index (χ3v) is 4.82. The third kappa shape index (κ3) is 3.71. The lowest BCUT2D eigenvalue weighted by molar-refractivity contribution is -0.0729. The second kappa shape index (κ2) is 7.05. The number of hydrogen-bond donors (Lipinski definition) is 1. The molecule has 1 saturated heterocycles. The van der Waals surface area contributed by atoms with E-state index in [1.165, 1.54) is 32.2 Å². The van der Waals surface area contributed by atoms with E-state index < -0.39 is 0 Å². The van der Waals surface area contributed by atoms with Crippen molar-refractivity contribution >= 4 is 0 Å². The van der Waals surface area contributed by atoms with E-state index in [2.05, 4.69) is 37.9 Å². The van der Waals surface area contributed by atoms with E-state index in [9.17, 15) is 0 Å². The van der Waals surface area contributed by atoms with Crippen LogP contribution in [0.2, 0.25) is 0 Å². The highest BCUT2D eigenvalue weighted by Crippen LogP contribution is 2.32. The molecule has 1 saturated carbocycles. The summed E-state index contributed by atoms with van der Waals surface area (Å²) in [6, 6.07) is 2.18. The Bertz CT molecular complexity index is 263. The van der Waals surface area contributed by atoms with Crippen LogP contribution in [-0.4, -0.2) is 48.8 Å². The molecular weight excluding hydrogens is 236 g/mol. The minimum Gasteiger partial charge on any atom is -0.378 e. The highest BCUT2D eigenvalue weighted by Gasteiger charge is 2.40. The Hall–Kier alpha value is -0.120. The minimum atomic E-state index is 0.530. The number of ether oxygens (including phenoxy) is 1. The minimum absolute atomic E-state index is 0.530. The quantitative estimate of drug-likeness (QED) is 0.801. The van der Waals surface area contributed by atoms with E-state index in [0.29, 0.717) is 18.2 Å². The Kier molecular flexibility index (Phi) is 5.67. The fourth-order valence-corrected chi connectivity index (χ4v) is 3.62. The second-order valence-corrected chi connectivity index (χ2v) is 6.60. The normalized spacial score (nSPS) is 36.5. The van der Waals surface area contributed by atoms with Crippen molar-refractivity contribution in [2.75, 3.05) is 19.7 Å². The maximum Gasteiger partial charge on any atom is 0.0604 e. The van der Waals surface area contributed by atoms with Gasteiger partial charge in [-0.25, -0.2) is 0 Å². The molecule has 0 aromatic heterocycles. The third-order valence-electron chi connectivity index (χ3n) is 4.82. The number of rotatable bonds is 6. The Morgan fingerprint density at radius 3 is 2.58 bits per heavy atom. The summed E-state index contributed by atoms with van der Waals surface area (Å²) in [4.78, 5) is 2.79. The molecule has 3 heteroatoms. The van der Waals surface area contributed by atoms with Crippen molar-refractivity contribution in [2.24, 2.45) is 5.92 Å². The zero-order chi connectivity index (χ0) is 13.8. The van der Waals surface area contributed by atoms with Crippen molar-refractivity contribution in [3.63, 3.8) is 0 Å². The van der Waals surface area contributed by atoms with Crippen molar-refractivity contribution < 1.29 is 4.74 Å². The zero-order valence-electron chi connectivity index (χ0n) is 13.2. The van der Waals surface area contributed by atoms with Gasteiger partial charge in [-0.05, 0) is 32.1 Å². The summed E-state index contributed by atoms with van der Waals surface area (Å²) < 4.78 is 5.73. The van der Waals surface area contributed by atoms with E-state index in [0.717, 1.165) is 25.1 Å². The molecular formula is C16H32N2O. The van der Waals surface area contributed by atoms with Gasteiger partial charge in [0.2, 0.25) is 0 Å². The van der Waals surface area contributed by atoms with Gasteiger partial charge in [-0.1, -0.05) is 27.2 Å². The Morgan fingerprint density at radius 2 is 2.00 bits per heavy atom. The molecule has 0 radical (unpaired) electrons. The van der Waals surface area contributed by atoms with Crippen LogP contribution in [0.4, 0.5) is 0 Å². The van der Waals surface area contributed by atoms with Crippen molar-refractivity contribution in [2.45, 2.75) is 77.6 Å². The van der Waals surface area contributed by atoms with E-state index in [-0.39, 0.29) is 0 Å². The summed E-state index contributed by atoms with van der Waals surface area (Å²) in [5, 5.41) is 3.75. The molecule has 19 heavy (non-hydrogen) atoms. The average Bonchev–Trinajstić information content (AvgIpc) is 2.33. The van der Waals surface area contributed by atoms with Crippen molar-refractivity contribution in [1.82, 2.24) is 10.2 Å². The molecule has 0 aromatic rings. The standard InChI is InChI=1S/C16H32N2O/c1-5-7-13-11-18(16(10-17-13)12(3)4)14-8-15(9-14)19-6-2/h12-17H,5-11H2,1-4H3. The number of nitrogens with zero attached hydrogens (tertiary/aromatic N) is 1. The molecule has 1 heterocycles. The van der Waals surface area contributed by atoms with Gasteiger partial charge in [-0.3, -0.25) is 4.90 Å². The Morgan fingerprint density at radius 1 is 1.26 bits per heavy atom. The lowest BCUT2D eigenvalue weighted by Gasteiger charge is -2.51. The Labute approximate surface area is 119 Å². The molecule has 112 valence electrons. The topological polar surface area (TPSA) is 24.5 Å². The van der Waals surface area contributed by atoms with Gasteiger partial charge < -0.3 is 10.1 Å². The monoisotopic (exact) mass is 268 g/mol. The lowest BCUT2D eigenvalue weighted by atomic mass is 9.84. The fraction of sp³-hybridized carbons (Fsp3) is 1.00. The molecule has 0 bridgehead atoms. The zero-order valence-corrected chi connectivity index (χ0v) is 13.2. The Balaban J connectivity index is 1.89. The summed E-state index contributed by atoms with van der Waals surface area (Å²) >= 11 is 0. The van der Waals surface area contributed by atoms with Gasteiger partial charge >= 0.3 is 0 Å². The molecule has 0 spiro atoms. The number of piperazine rings is 1. The van der Waals surface area contributed by atoms with Gasteiger partial charge in [0, 0.05) is 37.8 Å². The fourth-order valence-electron chi connectivity index (χ4n) is 3.62. The van der Waals surface area contributed by atoms with Crippen LogP contribution >= 0.6 is 0 Å². The van der Waals surface area contributed by atoms with Crippen LogP contribution in [0, 0.1) is 5.92 Å². The smallest absolute Gasteiger partial charge is 0.0604 e. The van der Waals surface area contributed by atoms with Crippen molar-refractivity contribution in [3.05, 3.63) is 0 Å². The van der Waals surface area contributed by atoms with Crippen LogP contribution in [-0.2, 0) is 4.74 Å². The molecule has 2 atom stereocenters. The predicted octanol–water partition coefficient (Wildman–Crippen LogP) is 2.65. The van der Waals surface area contributed by atoms with Gasteiger partial charge in [0.1, 0.15) is 0 Å². The van der Waals surface area contributed by atoms with Crippen LogP contribution in [0.3, 0.4) is 0 Å². The average molecular weight is 268 g/mol. The van der Waals surface area contributed by atoms with Crippen LogP contribution in [0.25, 0.3) is 0 Å². The van der Waals surface area contributed by atoms with Crippen LogP contribution < -0.4 is 5.32 Å². The summed E-state index contributed by atoms with van der Waals surface area (Å²) in [6.07, 6.45) is 5.61. The molecule has 2 aliphatic rings. The first-order chi connectivity index (χ1) is 9.15. The van der Waals surface area contributed by atoms with Gasteiger partial charge in [0.15, 0.2) is 0 Å². The highest BCUT2D eigenvalue weighted by molar-refractivity contribution is 4.96. The van der Waals surface area contributed by atoms with Gasteiger partial charge in [0.05, 0.1) is 6.10 Å². The summed E-state index contributed by atoms with van der Waals surface area (Å²) in [5.74, 6) is 0.737. The first-order valence-electron chi connectivity index (χ1n) is 8.26. The summed E-state index contributed by atoms with van der Waals surface area (Å²) in [5.41, 5.74) is 0. The van der Waals surface area contributed by atoms with E-state index in [1.807, 2.05) is 0 Å². The van der Waals surface area contributed by atoms with Crippen LogP contribution in [0.15, 0.2) is 0 Å². The van der Waals surface area contributed by atoms with Crippen LogP contribution in [0.1, 0.15) is 53.4 Å². The maximum atomic E-state index is 5.73.